The van der Waals surface area contributed by atoms with Crippen LogP contribution in [0.15, 0.2) is 88.9 Å². The third-order valence-electron chi connectivity index (χ3n) is 5.48. The highest BCUT2D eigenvalue weighted by molar-refractivity contribution is 9.10. The van der Waals surface area contributed by atoms with Crippen molar-refractivity contribution >= 4 is 56.0 Å². The molecule has 0 atom stereocenters. The van der Waals surface area contributed by atoms with E-state index in [2.05, 4.69) is 21.2 Å². The molecule has 0 unspecified atom stereocenters. The van der Waals surface area contributed by atoms with Crippen molar-refractivity contribution in [1.29, 1.82) is 5.26 Å². The van der Waals surface area contributed by atoms with E-state index in [0.29, 0.717) is 15.6 Å². The number of nitro groups is 1. The molecule has 0 aromatic heterocycles. The monoisotopic (exact) mass is 571 g/mol. The number of ether oxygens (including phenoxy) is 2. The van der Waals surface area contributed by atoms with E-state index < -0.39 is 16.8 Å². The van der Waals surface area contributed by atoms with Gasteiger partial charge in [-0.05, 0) is 62.6 Å². The van der Waals surface area contributed by atoms with Crippen LogP contribution in [0.5, 0.6) is 11.5 Å². The standard InChI is InChI=1S/C28H18BrN3O6/c1-37-25-15-17(13-19(16-30)27(33)31-23-11-4-5-12-24(23)32(35)36)14-22(29)26(25)38-28(34)21-10-6-8-18-7-2-3-9-20(18)21/h2-15H,1H3,(H,31,33)/b19-13-. The first-order valence-corrected chi connectivity index (χ1v) is 11.9. The number of nitrogens with zero attached hydrogens (tertiary/aromatic N) is 2. The van der Waals surface area contributed by atoms with E-state index in [-0.39, 0.29) is 28.4 Å². The first kappa shape index (κ1) is 26.1. The van der Waals surface area contributed by atoms with Crippen LogP contribution in [0.4, 0.5) is 11.4 Å². The molecule has 4 aromatic rings. The van der Waals surface area contributed by atoms with E-state index in [1.807, 2.05) is 30.3 Å². The van der Waals surface area contributed by atoms with Crippen molar-refractivity contribution in [2.24, 2.45) is 0 Å². The molecule has 0 aliphatic rings. The number of amides is 1. The maximum Gasteiger partial charge on any atom is 0.344 e. The fraction of sp³-hybridized carbons (Fsp3) is 0.0357. The summed E-state index contributed by atoms with van der Waals surface area (Å²) < 4.78 is 11.4. The number of fused-ring (bicyclic) bond motifs is 1. The van der Waals surface area contributed by atoms with Crippen LogP contribution in [0.3, 0.4) is 0 Å². The zero-order chi connectivity index (χ0) is 27.2. The number of nitriles is 1. The molecule has 0 heterocycles. The van der Waals surface area contributed by atoms with Gasteiger partial charge in [-0.1, -0.05) is 48.5 Å². The SMILES string of the molecule is COc1cc(/C=C(/C#N)C(=O)Nc2ccccc2[N+](=O)[O-])cc(Br)c1OC(=O)c1cccc2ccccc12. The summed E-state index contributed by atoms with van der Waals surface area (Å²) in [5, 5.41) is 24.8. The minimum Gasteiger partial charge on any atom is -0.493 e. The van der Waals surface area contributed by atoms with Crippen LogP contribution < -0.4 is 14.8 Å². The van der Waals surface area contributed by atoms with Crippen molar-refractivity contribution in [1.82, 2.24) is 0 Å². The third-order valence-corrected chi connectivity index (χ3v) is 6.07. The number of rotatable bonds is 7. The van der Waals surface area contributed by atoms with Crippen molar-refractivity contribution in [3.63, 3.8) is 0 Å². The van der Waals surface area contributed by atoms with Gasteiger partial charge in [0.25, 0.3) is 11.6 Å². The topological polar surface area (TPSA) is 132 Å². The Balaban J connectivity index is 1.62. The molecule has 0 aliphatic heterocycles. The molecule has 0 saturated heterocycles. The highest BCUT2D eigenvalue weighted by atomic mass is 79.9. The average Bonchev–Trinajstić information content (AvgIpc) is 2.92. The van der Waals surface area contributed by atoms with Gasteiger partial charge >= 0.3 is 5.97 Å². The van der Waals surface area contributed by atoms with Gasteiger partial charge in [0.2, 0.25) is 0 Å². The lowest BCUT2D eigenvalue weighted by Gasteiger charge is -2.13. The predicted octanol–water partition coefficient (Wildman–Crippen LogP) is 6.28. The zero-order valence-corrected chi connectivity index (χ0v) is 21.4. The molecule has 0 spiro atoms. The third kappa shape index (κ3) is 5.53. The number of para-hydroxylation sites is 2. The molecule has 9 nitrogen and oxygen atoms in total. The molecule has 4 rings (SSSR count). The molecule has 4 aromatic carbocycles. The second-order valence-corrected chi connectivity index (χ2v) is 8.70. The first-order valence-electron chi connectivity index (χ1n) is 11.1. The van der Waals surface area contributed by atoms with Gasteiger partial charge in [0.05, 0.1) is 22.1 Å². The quantitative estimate of drug-likeness (QED) is 0.0688. The number of anilines is 1. The number of hydrogen-bond acceptors (Lipinski definition) is 7. The molecule has 0 radical (unpaired) electrons. The lowest BCUT2D eigenvalue weighted by atomic mass is 10.0. The van der Waals surface area contributed by atoms with Crippen LogP contribution in [-0.2, 0) is 4.79 Å². The van der Waals surface area contributed by atoms with Crippen LogP contribution in [0.2, 0.25) is 0 Å². The lowest BCUT2D eigenvalue weighted by Crippen LogP contribution is -2.14. The van der Waals surface area contributed by atoms with Gasteiger partial charge in [0.1, 0.15) is 17.3 Å². The molecule has 0 fully saturated rings. The van der Waals surface area contributed by atoms with Crippen molar-refractivity contribution in [3.05, 3.63) is 110 Å². The predicted molar refractivity (Wildman–Crippen MR) is 145 cm³/mol. The highest BCUT2D eigenvalue weighted by Crippen LogP contribution is 2.38. The van der Waals surface area contributed by atoms with Crippen LogP contribution >= 0.6 is 15.9 Å². The van der Waals surface area contributed by atoms with Crippen LogP contribution in [-0.4, -0.2) is 23.9 Å². The number of carbonyl (C=O) groups excluding carboxylic acids is 2. The van der Waals surface area contributed by atoms with Crippen molar-refractivity contribution in [2.45, 2.75) is 0 Å². The Labute approximate surface area is 225 Å². The van der Waals surface area contributed by atoms with E-state index in [0.717, 1.165) is 10.8 Å². The van der Waals surface area contributed by atoms with Crippen LogP contribution in [0.25, 0.3) is 16.8 Å². The first-order chi connectivity index (χ1) is 18.3. The Hall–Kier alpha value is -5.01. The maximum atomic E-state index is 13.0. The Morgan fingerprint density at radius 1 is 1.05 bits per heavy atom. The Kier molecular flexibility index (Phi) is 7.80. The summed E-state index contributed by atoms with van der Waals surface area (Å²) in [6.07, 6.45) is 1.29. The number of benzene rings is 4. The fourth-order valence-electron chi connectivity index (χ4n) is 3.72. The molecule has 0 bridgehead atoms. The number of nitrogens with one attached hydrogen (secondary N) is 1. The van der Waals surface area contributed by atoms with Gasteiger partial charge in [0.15, 0.2) is 11.5 Å². The van der Waals surface area contributed by atoms with E-state index >= 15 is 0 Å². The molecular formula is C28H18BrN3O6. The summed E-state index contributed by atoms with van der Waals surface area (Å²) >= 11 is 3.37. The molecule has 1 N–H and O–H groups in total. The Bertz CT molecular complexity index is 1650. The molecule has 10 heteroatoms. The number of esters is 1. The van der Waals surface area contributed by atoms with Gasteiger partial charge in [-0.2, -0.15) is 5.26 Å². The van der Waals surface area contributed by atoms with E-state index in [9.17, 15) is 25.0 Å². The van der Waals surface area contributed by atoms with Gasteiger partial charge in [-0.15, -0.1) is 0 Å². The molecular weight excluding hydrogens is 554 g/mol. The Morgan fingerprint density at radius 3 is 2.50 bits per heavy atom. The van der Waals surface area contributed by atoms with E-state index in [4.69, 9.17) is 9.47 Å². The molecule has 38 heavy (non-hydrogen) atoms. The fourth-order valence-corrected chi connectivity index (χ4v) is 4.26. The number of methoxy groups -OCH3 is 1. The van der Waals surface area contributed by atoms with Gasteiger partial charge in [-0.25, -0.2) is 4.79 Å². The molecule has 188 valence electrons. The summed E-state index contributed by atoms with van der Waals surface area (Å²) in [5.74, 6) is -1.13. The van der Waals surface area contributed by atoms with Gasteiger partial charge in [-0.3, -0.25) is 14.9 Å². The summed E-state index contributed by atoms with van der Waals surface area (Å²) in [7, 11) is 1.39. The van der Waals surface area contributed by atoms with E-state index in [1.54, 1.807) is 24.3 Å². The highest BCUT2D eigenvalue weighted by Gasteiger charge is 2.20. The smallest absolute Gasteiger partial charge is 0.344 e. The average molecular weight is 572 g/mol. The number of carbonyl (C=O) groups is 2. The van der Waals surface area contributed by atoms with Gasteiger partial charge in [0, 0.05) is 6.07 Å². The van der Waals surface area contributed by atoms with Crippen molar-refractivity contribution in [2.75, 3.05) is 12.4 Å². The minimum atomic E-state index is -0.830. The molecule has 1 amide bonds. The maximum absolute atomic E-state index is 13.0. The van der Waals surface area contributed by atoms with Crippen molar-refractivity contribution < 1.29 is 24.0 Å². The second-order valence-electron chi connectivity index (χ2n) is 7.85. The van der Waals surface area contributed by atoms with Crippen LogP contribution in [0, 0.1) is 21.4 Å². The number of nitro benzene ring substituents is 1. The zero-order valence-electron chi connectivity index (χ0n) is 19.8. The summed E-state index contributed by atoms with van der Waals surface area (Å²) in [6.45, 7) is 0. The minimum absolute atomic E-state index is 0.0434. The van der Waals surface area contributed by atoms with Crippen LogP contribution in [0.1, 0.15) is 15.9 Å². The molecule has 0 aliphatic carbocycles. The van der Waals surface area contributed by atoms with Crippen molar-refractivity contribution in [3.8, 4) is 17.6 Å². The molecule has 0 saturated carbocycles. The Morgan fingerprint density at radius 2 is 1.76 bits per heavy atom. The largest absolute Gasteiger partial charge is 0.493 e. The normalized spacial score (nSPS) is 10.9. The van der Waals surface area contributed by atoms with Gasteiger partial charge < -0.3 is 14.8 Å². The summed E-state index contributed by atoms with van der Waals surface area (Å²) in [4.78, 5) is 36.3. The van der Waals surface area contributed by atoms with E-state index in [1.165, 1.54) is 43.5 Å². The number of hydrogen-bond donors (Lipinski definition) is 1. The summed E-state index contributed by atoms with van der Waals surface area (Å²) in [6, 6.07) is 23.2. The number of halogens is 1. The lowest BCUT2D eigenvalue weighted by molar-refractivity contribution is -0.383. The summed E-state index contributed by atoms with van der Waals surface area (Å²) in [5.41, 5.74) is 0.100. The second kappa shape index (κ2) is 11.4.